The van der Waals surface area contributed by atoms with Gasteiger partial charge in [-0.2, -0.15) is 13.2 Å². The van der Waals surface area contributed by atoms with Crippen LogP contribution in [-0.2, 0) is 26.0 Å². The van der Waals surface area contributed by atoms with Crippen LogP contribution in [0.15, 0.2) is 48.5 Å². The molecule has 0 aromatic heterocycles. The SMILES string of the molecule is CC(C)OC(O[SiH3])(OC(C)C)c1ccc(-c2cccc(C(F)(F)F)c2)cc1. The third-order valence-corrected chi connectivity index (χ3v) is 4.35. The molecule has 2 rings (SSSR count). The zero-order chi connectivity index (χ0) is 20.2. The molecule has 7 heteroatoms. The first-order chi connectivity index (χ1) is 12.6. The Kier molecular flexibility index (Phi) is 6.86. The van der Waals surface area contributed by atoms with E-state index in [4.69, 9.17) is 13.9 Å². The fourth-order valence-electron chi connectivity index (χ4n) is 2.74. The Balaban J connectivity index is 2.39. The topological polar surface area (TPSA) is 27.7 Å². The third-order valence-electron chi connectivity index (χ3n) is 3.81. The molecule has 0 saturated carbocycles. The molecule has 0 heterocycles. The van der Waals surface area contributed by atoms with Crippen LogP contribution in [0.3, 0.4) is 0 Å². The summed E-state index contributed by atoms with van der Waals surface area (Å²) in [4.78, 5) is 0. The molecule has 0 bridgehead atoms. The van der Waals surface area contributed by atoms with Crippen molar-refractivity contribution in [1.82, 2.24) is 0 Å². The molecule has 0 saturated heterocycles. The van der Waals surface area contributed by atoms with Crippen LogP contribution < -0.4 is 0 Å². The van der Waals surface area contributed by atoms with Gasteiger partial charge < -0.3 is 13.9 Å². The second kappa shape index (κ2) is 8.56. The van der Waals surface area contributed by atoms with Gasteiger partial charge in [0.25, 0.3) is 0 Å². The zero-order valence-corrected chi connectivity index (χ0v) is 18.1. The van der Waals surface area contributed by atoms with Crippen molar-refractivity contribution >= 4 is 10.5 Å². The molecule has 0 aliphatic carbocycles. The number of rotatable bonds is 7. The predicted molar refractivity (Wildman–Crippen MR) is 102 cm³/mol. The van der Waals surface area contributed by atoms with Gasteiger partial charge in [-0.05, 0) is 51.0 Å². The van der Waals surface area contributed by atoms with Crippen LogP contribution in [0.25, 0.3) is 11.1 Å². The standard InChI is InChI=1S/C20H25F3O3Si/c1-13(2)24-20(26-27,25-14(3)4)17-10-8-15(9-11-17)16-6-5-7-18(12-16)19(21,22)23/h5-14H,1-4,27H3. The Labute approximate surface area is 161 Å². The summed E-state index contributed by atoms with van der Waals surface area (Å²) in [6.07, 6.45) is -4.65. The van der Waals surface area contributed by atoms with Gasteiger partial charge in [0.1, 0.15) is 0 Å². The van der Waals surface area contributed by atoms with Crippen molar-refractivity contribution in [2.45, 2.75) is 52.1 Å². The first kappa shape index (κ1) is 21.6. The van der Waals surface area contributed by atoms with Gasteiger partial charge >= 0.3 is 12.1 Å². The lowest BCUT2D eigenvalue weighted by Crippen LogP contribution is -2.40. The highest BCUT2D eigenvalue weighted by atomic mass is 28.2. The highest BCUT2D eigenvalue weighted by Crippen LogP contribution is 2.35. The van der Waals surface area contributed by atoms with Crippen molar-refractivity contribution in [2.24, 2.45) is 0 Å². The van der Waals surface area contributed by atoms with E-state index < -0.39 is 17.7 Å². The number of alkyl halides is 3. The number of hydrogen-bond donors (Lipinski definition) is 0. The lowest BCUT2D eigenvalue weighted by Gasteiger charge is -2.36. The number of halogens is 3. The van der Waals surface area contributed by atoms with E-state index in [1.807, 2.05) is 27.7 Å². The van der Waals surface area contributed by atoms with Gasteiger partial charge in [-0.3, -0.25) is 0 Å². The summed E-state index contributed by atoms with van der Waals surface area (Å²) in [6, 6.07) is 12.3. The highest BCUT2D eigenvalue weighted by Gasteiger charge is 2.36. The minimum Gasteiger partial charge on any atom is -0.376 e. The summed E-state index contributed by atoms with van der Waals surface area (Å²) in [5, 5.41) is 0. The Morgan fingerprint density at radius 1 is 0.778 bits per heavy atom. The average Bonchev–Trinajstić information content (AvgIpc) is 2.60. The van der Waals surface area contributed by atoms with Crippen molar-refractivity contribution in [3.63, 3.8) is 0 Å². The molecule has 0 atom stereocenters. The minimum absolute atomic E-state index is 0.138. The van der Waals surface area contributed by atoms with E-state index in [1.54, 1.807) is 30.3 Å². The van der Waals surface area contributed by atoms with Gasteiger partial charge in [0.15, 0.2) is 10.5 Å². The van der Waals surface area contributed by atoms with Gasteiger partial charge in [0, 0.05) is 5.56 Å². The zero-order valence-electron chi connectivity index (χ0n) is 16.1. The molecular formula is C20H25F3O3Si. The molecule has 0 aliphatic heterocycles. The molecule has 0 fully saturated rings. The smallest absolute Gasteiger partial charge is 0.376 e. The monoisotopic (exact) mass is 398 g/mol. The van der Waals surface area contributed by atoms with Crippen LogP contribution >= 0.6 is 0 Å². The molecule has 0 radical (unpaired) electrons. The van der Waals surface area contributed by atoms with Gasteiger partial charge in [-0.15, -0.1) is 0 Å². The summed E-state index contributed by atoms with van der Waals surface area (Å²) in [5.41, 5.74) is 1.15. The van der Waals surface area contributed by atoms with E-state index >= 15 is 0 Å². The maximum Gasteiger partial charge on any atom is 0.416 e. The molecule has 0 spiro atoms. The molecule has 148 valence electrons. The molecule has 0 N–H and O–H groups in total. The van der Waals surface area contributed by atoms with Crippen molar-refractivity contribution in [2.75, 3.05) is 0 Å². The van der Waals surface area contributed by atoms with Crippen molar-refractivity contribution < 1.29 is 27.1 Å². The highest BCUT2D eigenvalue weighted by molar-refractivity contribution is 5.98. The van der Waals surface area contributed by atoms with Gasteiger partial charge in [0.2, 0.25) is 0 Å². The molecule has 3 nitrogen and oxygen atoms in total. The van der Waals surface area contributed by atoms with Crippen LogP contribution in [0.2, 0.25) is 0 Å². The first-order valence-corrected chi connectivity index (χ1v) is 9.58. The third kappa shape index (κ3) is 5.41. The lowest BCUT2D eigenvalue weighted by molar-refractivity contribution is -0.378. The first-order valence-electron chi connectivity index (χ1n) is 8.76. The van der Waals surface area contributed by atoms with E-state index in [-0.39, 0.29) is 12.2 Å². The second-order valence-corrected chi connectivity index (χ2v) is 7.16. The molecular weight excluding hydrogens is 373 g/mol. The predicted octanol–water partition coefficient (Wildman–Crippen LogP) is 4.63. The summed E-state index contributed by atoms with van der Waals surface area (Å²) in [6.45, 7) is 7.54. The number of benzene rings is 2. The summed E-state index contributed by atoms with van der Waals surface area (Å²) < 4.78 is 56.4. The maximum absolute atomic E-state index is 12.9. The van der Waals surface area contributed by atoms with Gasteiger partial charge in [-0.1, -0.05) is 36.4 Å². The van der Waals surface area contributed by atoms with Gasteiger partial charge in [-0.25, -0.2) is 0 Å². The van der Waals surface area contributed by atoms with Crippen LogP contribution in [0.5, 0.6) is 0 Å². The molecule has 27 heavy (non-hydrogen) atoms. The fourth-order valence-corrected chi connectivity index (χ4v) is 3.17. The quantitative estimate of drug-likeness (QED) is 0.503. The molecule has 2 aromatic carbocycles. The van der Waals surface area contributed by atoms with Crippen molar-refractivity contribution in [3.8, 4) is 11.1 Å². The Morgan fingerprint density at radius 2 is 1.33 bits per heavy atom. The lowest BCUT2D eigenvalue weighted by atomic mass is 10.0. The summed E-state index contributed by atoms with van der Waals surface area (Å²) in [5.74, 6) is -1.32. The fraction of sp³-hybridized carbons (Fsp3) is 0.400. The molecule has 0 unspecified atom stereocenters. The largest absolute Gasteiger partial charge is 0.416 e. The van der Waals surface area contributed by atoms with Crippen LogP contribution in [0.1, 0.15) is 38.8 Å². The molecule has 0 amide bonds. The molecule has 0 aliphatic rings. The minimum atomic E-state index is -4.37. The van der Waals surface area contributed by atoms with E-state index in [9.17, 15) is 13.2 Å². The Bertz CT molecular complexity index is 733. The van der Waals surface area contributed by atoms with Crippen LogP contribution in [0, 0.1) is 0 Å². The van der Waals surface area contributed by atoms with E-state index in [1.165, 1.54) is 6.07 Å². The van der Waals surface area contributed by atoms with Crippen LogP contribution in [-0.4, -0.2) is 22.7 Å². The number of hydrogen-bond acceptors (Lipinski definition) is 3. The van der Waals surface area contributed by atoms with E-state index in [0.29, 0.717) is 27.2 Å². The second-order valence-electron chi connectivity index (χ2n) is 6.75. The summed E-state index contributed by atoms with van der Waals surface area (Å²) >= 11 is 0. The van der Waals surface area contributed by atoms with Crippen LogP contribution in [0.4, 0.5) is 13.2 Å². The number of ether oxygens (including phenoxy) is 2. The van der Waals surface area contributed by atoms with Crippen molar-refractivity contribution in [1.29, 1.82) is 0 Å². The maximum atomic E-state index is 12.9. The normalized spacial score (nSPS) is 12.9. The Hall–Kier alpha value is -1.67. The van der Waals surface area contributed by atoms with Gasteiger partial charge in [0.05, 0.1) is 17.8 Å². The Morgan fingerprint density at radius 3 is 1.78 bits per heavy atom. The average molecular weight is 398 g/mol. The van der Waals surface area contributed by atoms with E-state index in [2.05, 4.69) is 0 Å². The van der Waals surface area contributed by atoms with Crippen molar-refractivity contribution in [3.05, 3.63) is 59.7 Å². The summed E-state index contributed by atoms with van der Waals surface area (Å²) in [7, 11) is 0.384. The molecule has 2 aromatic rings. The van der Waals surface area contributed by atoms with E-state index in [0.717, 1.165) is 12.1 Å².